The van der Waals surface area contributed by atoms with E-state index in [1.807, 2.05) is 0 Å². The van der Waals surface area contributed by atoms with Crippen molar-refractivity contribution >= 4 is 17.5 Å². The molecular formula is C18H16O7. The summed E-state index contributed by atoms with van der Waals surface area (Å²) >= 11 is 0. The fourth-order valence-corrected chi connectivity index (χ4v) is 3.78. The topological polar surface area (TPSA) is 88.1 Å². The summed E-state index contributed by atoms with van der Waals surface area (Å²) in [5, 5.41) is 0. The van der Waals surface area contributed by atoms with Crippen molar-refractivity contribution in [2.75, 3.05) is 14.2 Å². The Labute approximate surface area is 143 Å². The highest BCUT2D eigenvalue weighted by Crippen LogP contribution is 2.44. The van der Waals surface area contributed by atoms with Crippen molar-refractivity contribution in [3.8, 4) is 11.5 Å². The average molecular weight is 344 g/mol. The van der Waals surface area contributed by atoms with Gasteiger partial charge in [-0.1, -0.05) is 0 Å². The number of ether oxygens (including phenoxy) is 4. The van der Waals surface area contributed by atoms with E-state index in [4.69, 9.17) is 18.9 Å². The Bertz CT molecular complexity index is 851. The number of esters is 1. The number of benzene rings is 1. The minimum atomic E-state index is -0.837. The van der Waals surface area contributed by atoms with Gasteiger partial charge in [0.1, 0.15) is 6.10 Å². The first-order chi connectivity index (χ1) is 12.0. The molecule has 0 amide bonds. The van der Waals surface area contributed by atoms with Gasteiger partial charge in [-0.2, -0.15) is 0 Å². The van der Waals surface area contributed by atoms with Crippen LogP contribution in [0.15, 0.2) is 23.3 Å². The number of hydrogen-bond acceptors (Lipinski definition) is 7. The van der Waals surface area contributed by atoms with Crippen LogP contribution in [-0.2, 0) is 14.3 Å². The molecule has 1 aliphatic carbocycles. The Morgan fingerprint density at radius 1 is 1.04 bits per heavy atom. The normalized spacial score (nSPS) is 27.5. The zero-order chi connectivity index (χ0) is 17.9. The van der Waals surface area contributed by atoms with Crippen molar-refractivity contribution in [1.29, 1.82) is 0 Å². The Morgan fingerprint density at radius 2 is 1.80 bits per heavy atom. The van der Waals surface area contributed by atoms with Gasteiger partial charge < -0.3 is 18.9 Å². The molecule has 0 bridgehead atoms. The molecule has 25 heavy (non-hydrogen) atoms. The molecule has 7 heteroatoms. The van der Waals surface area contributed by atoms with E-state index in [9.17, 15) is 14.4 Å². The van der Waals surface area contributed by atoms with Gasteiger partial charge in [-0.05, 0) is 19.1 Å². The predicted octanol–water partition coefficient (Wildman–Crippen LogP) is 1.48. The fourth-order valence-electron chi connectivity index (χ4n) is 3.78. The molecule has 130 valence electrons. The summed E-state index contributed by atoms with van der Waals surface area (Å²) in [5.74, 6) is -0.572. The third-order valence-corrected chi connectivity index (χ3v) is 4.83. The van der Waals surface area contributed by atoms with E-state index in [-0.39, 0.29) is 46.0 Å². The second-order valence-corrected chi connectivity index (χ2v) is 6.14. The molecule has 0 aromatic heterocycles. The zero-order valence-corrected chi connectivity index (χ0v) is 14.0. The second kappa shape index (κ2) is 5.42. The van der Waals surface area contributed by atoms with Crippen molar-refractivity contribution in [1.82, 2.24) is 0 Å². The van der Waals surface area contributed by atoms with E-state index in [0.717, 1.165) is 0 Å². The van der Waals surface area contributed by atoms with Crippen molar-refractivity contribution in [2.45, 2.75) is 31.7 Å². The summed E-state index contributed by atoms with van der Waals surface area (Å²) in [6.07, 6.45) is -1.92. The van der Waals surface area contributed by atoms with Gasteiger partial charge in [-0.25, -0.2) is 0 Å². The summed E-state index contributed by atoms with van der Waals surface area (Å²) in [6, 6.07) is 3.11. The molecule has 1 saturated heterocycles. The Hall–Kier alpha value is -2.67. The molecule has 2 aliphatic heterocycles. The van der Waals surface area contributed by atoms with Crippen LogP contribution in [-0.4, -0.2) is 50.1 Å². The third-order valence-electron chi connectivity index (χ3n) is 4.83. The maximum atomic E-state index is 13.2. The minimum absolute atomic E-state index is 0.0754. The highest BCUT2D eigenvalue weighted by molar-refractivity contribution is 6.29. The number of hydrogen-bond donors (Lipinski definition) is 0. The van der Waals surface area contributed by atoms with E-state index in [0.29, 0.717) is 5.75 Å². The Kier molecular flexibility index (Phi) is 3.43. The standard InChI is InChI=1S/C18H16O7/c1-7-12-14(18-10(24-7)6-11(19)25-18)15(20)8-4-5-9(22-2)17(23-3)13(8)16(12)21/h4-5,7,10,18H,6H2,1-3H3/t7-,10+,18-/m1/s1. The smallest absolute Gasteiger partial charge is 0.309 e. The van der Waals surface area contributed by atoms with E-state index in [1.54, 1.807) is 13.0 Å². The molecule has 1 aromatic carbocycles. The summed E-state index contributed by atoms with van der Waals surface area (Å²) in [7, 11) is 2.87. The molecule has 1 aromatic rings. The van der Waals surface area contributed by atoms with E-state index in [1.165, 1.54) is 20.3 Å². The van der Waals surface area contributed by atoms with Gasteiger partial charge in [0.15, 0.2) is 29.2 Å². The summed E-state index contributed by atoms with van der Waals surface area (Å²) < 4.78 is 21.6. The van der Waals surface area contributed by atoms with E-state index in [2.05, 4.69) is 0 Å². The molecule has 4 rings (SSSR count). The highest BCUT2D eigenvalue weighted by Gasteiger charge is 2.51. The molecule has 0 unspecified atom stereocenters. The van der Waals surface area contributed by atoms with Crippen molar-refractivity contribution < 1.29 is 33.3 Å². The van der Waals surface area contributed by atoms with Crippen LogP contribution in [0.3, 0.4) is 0 Å². The van der Waals surface area contributed by atoms with Gasteiger partial charge >= 0.3 is 5.97 Å². The van der Waals surface area contributed by atoms with Crippen LogP contribution in [0.4, 0.5) is 0 Å². The zero-order valence-electron chi connectivity index (χ0n) is 14.0. The molecule has 7 nitrogen and oxygen atoms in total. The molecule has 0 N–H and O–H groups in total. The van der Waals surface area contributed by atoms with Gasteiger partial charge in [0, 0.05) is 11.1 Å². The lowest BCUT2D eigenvalue weighted by atomic mass is 9.77. The Balaban J connectivity index is 1.94. The van der Waals surface area contributed by atoms with Gasteiger partial charge in [0.05, 0.1) is 37.9 Å². The predicted molar refractivity (Wildman–Crippen MR) is 84.1 cm³/mol. The second-order valence-electron chi connectivity index (χ2n) is 6.14. The van der Waals surface area contributed by atoms with Gasteiger partial charge in [-0.15, -0.1) is 0 Å². The lowest BCUT2D eigenvalue weighted by molar-refractivity contribution is -0.140. The maximum Gasteiger partial charge on any atom is 0.309 e. The maximum absolute atomic E-state index is 13.2. The number of ketones is 2. The molecule has 2 heterocycles. The number of fused-ring (bicyclic) bond motifs is 3. The monoisotopic (exact) mass is 344 g/mol. The van der Waals surface area contributed by atoms with Crippen LogP contribution in [0.1, 0.15) is 34.1 Å². The molecule has 0 radical (unpaired) electrons. The quantitative estimate of drug-likeness (QED) is 0.751. The van der Waals surface area contributed by atoms with Gasteiger partial charge in [0.25, 0.3) is 0 Å². The molecule has 3 aliphatic rings. The van der Waals surface area contributed by atoms with Crippen LogP contribution in [0.5, 0.6) is 11.5 Å². The van der Waals surface area contributed by atoms with E-state index < -0.39 is 24.3 Å². The van der Waals surface area contributed by atoms with Crippen LogP contribution in [0.2, 0.25) is 0 Å². The lowest BCUT2D eigenvalue weighted by Gasteiger charge is -2.35. The lowest BCUT2D eigenvalue weighted by Crippen LogP contribution is -2.44. The minimum Gasteiger partial charge on any atom is -0.493 e. The summed E-state index contributed by atoms with van der Waals surface area (Å²) in [5.41, 5.74) is 0.820. The van der Waals surface area contributed by atoms with Crippen molar-refractivity contribution in [3.63, 3.8) is 0 Å². The summed E-state index contributed by atoms with van der Waals surface area (Å²) in [4.78, 5) is 37.9. The number of rotatable bonds is 2. The SMILES string of the molecule is COc1ccc2c(c1OC)C(=O)C1=C(C2=O)[C@@H]2OC(=O)C[C@@H]2O[C@@H]1C. The molecule has 0 spiro atoms. The number of methoxy groups -OCH3 is 2. The van der Waals surface area contributed by atoms with Crippen LogP contribution < -0.4 is 9.47 Å². The summed E-state index contributed by atoms with van der Waals surface area (Å²) in [6.45, 7) is 1.69. The molecule has 1 fully saturated rings. The average Bonchev–Trinajstić information content (AvgIpc) is 2.96. The largest absolute Gasteiger partial charge is 0.493 e. The molecular weight excluding hydrogens is 328 g/mol. The van der Waals surface area contributed by atoms with Crippen LogP contribution in [0, 0.1) is 0 Å². The number of carbonyl (C=O) groups excluding carboxylic acids is 3. The number of Topliss-reactive ketones (excluding diaryl/α,β-unsaturated/α-hetero) is 2. The van der Waals surface area contributed by atoms with Gasteiger partial charge in [0.2, 0.25) is 0 Å². The van der Waals surface area contributed by atoms with Crippen molar-refractivity contribution in [3.05, 3.63) is 34.4 Å². The first-order valence-electron chi connectivity index (χ1n) is 7.91. The first-order valence-corrected chi connectivity index (χ1v) is 7.91. The van der Waals surface area contributed by atoms with Crippen molar-refractivity contribution in [2.24, 2.45) is 0 Å². The molecule has 3 atom stereocenters. The van der Waals surface area contributed by atoms with Gasteiger partial charge in [-0.3, -0.25) is 14.4 Å². The fraction of sp³-hybridized carbons (Fsp3) is 0.389. The van der Waals surface area contributed by atoms with E-state index >= 15 is 0 Å². The highest BCUT2D eigenvalue weighted by atomic mass is 16.6. The molecule has 0 saturated carbocycles. The third kappa shape index (κ3) is 2.05. The first kappa shape index (κ1) is 15.8. The number of carbonyl (C=O) groups is 3. The van der Waals surface area contributed by atoms with Crippen LogP contribution in [0.25, 0.3) is 0 Å². The van der Waals surface area contributed by atoms with Crippen LogP contribution >= 0.6 is 0 Å². The Morgan fingerprint density at radius 3 is 2.48 bits per heavy atom.